The number of hydrogen-bond donors (Lipinski definition) is 0. The van der Waals surface area contributed by atoms with E-state index in [1.807, 2.05) is 0 Å². The summed E-state index contributed by atoms with van der Waals surface area (Å²) >= 11 is 0. The minimum Gasteiger partial charge on any atom is -0.0689 e. The van der Waals surface area contributed by atoms with Crippen LogP contribution in [0.15, 0.2) is 60.7 Å². The summed E-state index contributed by atoms with van der Waals surface area (Å²) in [5.41, 5.74) is 5.61. The number of rotatable bonds is 2. The maximum absolute atomic E-state index is 2.40. The van der Waals surface area contributed by atoms with Crippen molar-refractivity contribution in [2.75, 3.05) is 0 Å². The van der Waals surface area contributed by atoms with Gasteiger partial charge in [0.15, 0.2) is 0 Å². The highest BCUT2D eigenvalue weighted by molar-refractivity contribution is 5.44. The standard InChI is InChI=1S/C30H36/c1-19(2)25-15-13-23(17-29(25)21(5)6)27-11-9-10-12-28(27)24-14-16-26(20(3)4)30(18-24)22(7)8/h9-18,21-22H,1-8H3/b27-23+,28-24+. The summed E-state index contributed by atoms with van der Waals surface area (Å²) in [6.07, 6.45) is 0. The monoisotopic (exact) mass is 396 g/mol. The van der Waals surface area contributed by atoms with Crippen LogP contribution in [0.3, 0.4) is 0 Å². The molecule has 0 radical (unpaired) electrons. The van der Waals surface area contributed by atoms with Crippen molar-refractivity contribution in [3.05, 3.63) is 103 Å². The van der Waals surface area contributed by atoms with E-state index < -0.39 is 0 Å². The Hall–Kier alpha value is -2.60. The van der Waals surface area contributed by atoms with Gasteiger partial charge in [-0.2, -0.15) is 0 Å². The first kappa shape index (κ1) is 22.1. The van der Waals surface area contributed by atoms with Gasteiger partial charge >= 0.3 is 0 Å². The van der Waals surface area contributed by atoms with Crippen molar-refractivity contribution in [1.82, 2.24) is 0 Å². The molecule has 30 heavy (non-hydrogen) atoms. The normalized spacial score (nSPS) is 13.7. The lowest BCUT2D eigenvalue weighted by Crippen LogP contribution is -2.12. The summed E-state index contributed by atoms with van der Waals surface area (Å²) in [6, 6.07) is 22.8. The van der Waals surface area contributed by atoms with Crippen LogP contribution in [0.4, 0.5) is 0 Å². The van der Waals surface area contributed by atoms with Gasteiger partial charge in [-0.3, -0.25) is 0 Å². The molecule has 0 nitrogen and oxygen atoms in total. The first-order chi connectivity index (χ1) is 14.2. The second-order valence-electron chi connectivity index (χ2n) is 9.46. The molecule has 0 N–H and O–H groups in total. The molecule has 0 aromatic heterocycles. The van der Waals surface area contributed by atoms with E-state index in [2.05, 4.69) is 116 Å². The van der Waals surface area contributed by atoms with E-state index in [0.717, 1.165) is 0 Å². The summed E-state index contributed by atoms with van der Waals surface area (Å²) in [6.45, 7) is 18.0. The molecule has 0 aliphatic heterocycles. The summed E-state index contributed by atoms with van der Waals surface area (Å²) < 4.78 is 0. The van der Waals surface area contributed by atoms with E-state index in [0.29, 0.717) is 11.8 Å². The molecule has 0 aliphatic carbocycles. The highest BCUT2D eigenvalue weighted by Gasteiger charge is 2.04. The largest absolute Gasteiger partial charge is 0.0689 e. The van der Waals surface area contributed by atoms with Gasteiger partial charge in [0.2, 0.25) is 0 Å². The molecule has 3 aromatic rings. The quantitative estimate of drug-likeness (QED) is 0.442. The average molecular weight is 397 g/mol. The molecule has 0 saturated heterocycles. The van der Waals surface area contributed by atoms with Gasteiger partial charge in [0, 0.05) is 0 Å². The Morgan fingerprint density at radius 1 is 0.533 bits per heavy atom. The maximum atomic E-state index is 2.40. The summed E-state index contributed by atoms with van der Waals surface area (Å²) in [5, 5.41) is 7.97. The lowest BCUT2D eigenvalue weighted by Gasteiger charge is -2.09. The highest BCUT2D eigenvalue weighted by Crippen LogP contribution is 2.14. The van der Waals surface area contributed by atoms with Gasteiger partial charge in [-0.15, -0.1) is 0 Å². The van der Waals surface area contributed by atoms with E-state index in [4.69, 9.17) is 0 Å². The molecule has 0 aliphatic rings. The Morgan fingerprint density at radius 3 is 1.20 bits per heavy atom. The lowest BCUT2D eigenvalue weighted by atomic mass is 9.96. The Morgan fingerprint density at radius 2 is 0.900 bits per heavy atom. The third-order valence-corrected chi connectivity index (χ3v) is 5.97. The predicted molar refractivity (Wildman–Crippen MR) is 132 cm³/mol. The van der Waals surface area contributed by atoms with Gasteiger partial charge in [-0.25, -0.2) is 0 Å². The van der Waals surface area contributed by atoms with Crippen LogP contribution >= 0.6 is 0 Å². The van der Waals surface area contributed by atoms with Crippen LogP contribution in [0, 0.1) is 20.9 Å². The Labute approximate surface area is 181 Å². The van der Waals surface area contributed by atoms with Crippen molar-refractivity contribution in [3.8, 4) is 0 Å². The third kappa shape index (κ3) is 4.43. The molecular formula is C30H36. The van der Waals surface area contributed by atoms with Crippen molar-refractivity contribution in [1.29, 1.82) is 0 Å². The Bertz CT molecular complexity index is 1250. The van der Waals surface area contributed by atoms with Crippen molar-refractivity contribution < 1.29 is 0 Å². The molecule has 0 atom stereocenters. The summed E-state index contributed by atoms with van der Waals surface area (Å²) in [5.74, 6) is 0.994. The smallest absolute Gasteiger partial charge is 0.0105 e. The first-order valence-electron chi connectivity index (χ1n) is 11.2. The fourth-order valence-corrected chi connectivity index (χ4v) is 4.31. The molecule has 0 saturated carbocycles. The van der Waals surface area contributed by atoms with Gasteiger partial charge in [-0.1, -0.05) is 99.5 Å². The molecule has 0 spiro atoms. The van der Waals surface area contributed by atoms with E-state index >= 15 is 0 Å². The topological polar surface area (TPSA) is 0 Å². The fourth-order valence-electron chi connectivity index (χ4n) is 4.31. The minimum atomic E-state index is 0.497. The summed E-state index contributed by atoms with van der Waals surface area (Å²) in [4.78, 5) is 0. The zero-order chi connectivity index (χ0) is 22.0. The van der Waals surface area contributed by atoms with Crippen molar-refractivity contribution in [3.63, 3.8) is 0 Å². The molecular weight excluding hydrogens is 360 g/mol. The lowest BCUT2D eigenvalue weighted by molar-refractivity contribution is 0.855. The average Bonchev–Trinajstić information content (AvgIpc) is 2.72. The third-order valence-electron chi connectivity index (χ3n) is 5.97. The van der Waals surface area contributed by atoms with Crippen LogP contribution in [0.1, 0.15) is 78.4 Å². The number of hydrogen-bond acceptors (Lipinski definition) is 0. The molecule has 156 valence electrons. The molecule has 0 amide bonds. The second kappa shape index (κ2) is 9.04. The zero-order valence-electron chi connectivity index (χ0n) is 19.9. The Kier molecular flexibility index (Phi) is 6.66. The fraction of sp³-hybridized carbons (Fsp3) is 0.333. The molecule has 0 fully saturated rings. The highest BCUT2D eigenvalue weighted by atomic mass is 14.1. The van der Waals surface area contributed by atoms with Crippen molar-refractivity contribution in [2.45, 2.75) is 67.2 Å². The van der Waals surface area contributed by atoms with Gasteiger partial charge in [-0.05, 0) is 82.0 Å². The molecule has 0 heteroatoms. The van der Waals surface area contributed by atoms with Gasteiger partial charge in [0.05, 0.1) is 0 Å². The van der Waals surface area contributed by atoms with Crippen LogP contribution in [0.5, 0.6) is 0 Å². The van der Waals surface area contributed by atoms with Crippen LogP contribution in [0.2, 0.25) is 0 Å². The number of benzene rings is 3. The van der Waals surface area contributed by atoms with E-state index in [1.54, 1.807) is 0 Å². The molecule has 0 bridgehead atoms. The SMILES string of the molecule is CC(C)=c1cc/c(=c2/cccc/c2=c2/ccc(=C(C)C)c(C(C)C)c2)cc1C(C)C. The Balaban J connectivity index is 2.58. The van der Waals surface area contributed by atoms with Gasteiger partial charge < -0.3 is 0 Å². The van der Waals surface area contributed by atoms with E-state index in [-0.39, 0.29) is 0 Å². The molecule has 0 heterocycles. The second-order valence-corrected chi connectivity index (χ2v) is 9.46. The summed E-state index contributed by atoms with van der Waals surface area (Å²) in [7, 11) is 0. The maximum Gasteiger partial charge on any atom is -0.0105 e. The van der Waals surface area contributed by atoms with E-state index in [9.17, 15) is 0 Å². The van der Waals surface area contributed by atoms with Crippen LogP contribution in [0.25, 0.3) is 11.1 Å². The van der Waals surface area contributed by atoms with Gasteiger partial charge in [0.25, 0.3) is 0 Å². The van der Waals surface area contributed by atoms with Crippen molar-refractivity contribution >= 4 is 11.1 Å². The van der Waals surface area contributed by atoms with Crippen LogP contribution in [-0.2, 0) is 0 Å². The zero-order valence-corrected chi connectivity index (χ0v) is 19.9. The van der Waals surface area contributed by atoms with Crippen molar-refractivity contribution in [2.24, 2.45) is 0 Å². The van der Waals surface area contributed by atoms with Crippen LogP contribution in [-0.4, -0.2) is 0 Å². The minimum absolute atomic E-state index is 0.497. The van der Waals surface area contributed by atoms with Crippen LogP contribution < -0.4 is 10.4 Å². The predicted octanol–water partition coefficient (Wildman–Crippen LogP) is 6.89. The molecule has 3 rings (SSSR count). The first-order valence-corrected chi connectivity index (χ1v) is 11.2. The molecule has 3 aromatic carbocycles. The van der Waals surface area contributed by atoms with Gasteiger partial charge in [0.1, 0.15) is 0 Å². The van der Waals surface area contributed by atoms with E-state index in [1.165, 1.54) is 53.6 Å². The molecule has 0 unspecified atom stereocenters.